The van der Waals surface area contributed by atoms with E-state index in [0.29, 0.717) is 27.8 Å². The average molecular weight is 464 g/mol. The monoisotopic (exact) mass is 463 g/mol. The van der Waals surface area contributed by atoms with E-state index < -0.39 is 0 Å². The van der Waals surface area contributed by atoms with E-state index in [9.17, 15) is 9.18 Å². The van der Waals surface area contributed by atoms with Gasteiger partial charge in [0.25, 0.3) is 5.91 Å². The molecule has 0 unspecified atom stereocenters. The molecule has 2 heterocycles. The van der Waals surface area contributed by atoms with Gasteiger partial charge in [-0.25, -0.2) is 4.39 Å². The molecule has 2 aromatic heterocycles. The van der Waals surface area contributed by atoms with E-state index in [1.54, 1.807) is 42.9 Å². The molecule has 5 rings (SSSR count). The van der Waals surface area contributed by atoms with Crippen LogP contribution in [0.25, 0.3) is 10.9 Å². The van der Waals surface area contributed by atoms with E-state index in [1.165, 1.54) is 12.1 Å². The van der Waals surface area contributed by atoms with Crippen molar-refractivity contribution in [2.24, 2.45) is 0 Å². The molecular formula is C28H22FN5O. The molecule has 0 aliphatic heterocycles. The van der Waals surface area contributed by atoms with Gasteiger partial charge in [-0.05, 0) is 79.2 Å². The molecular weight excluding hydrogens is 441 g/mol. The molecule has 0 radical (unpaired) electrons. The molecule has 0 aliphatic rings. The number of aromatic nitrogens is 2. The fourth-order valence-corrected chi connectivity index (χ4v) is 3.75. The molecule has 0 saturated heterocycles. The van der Waals surface area contributed by atoms with Gasteiger partial charge in [0.1, 0.15) is 5.82 Å². The normalized spacial score (nSPS) is 10.7. The number of carbonyl (C=O) groups excluding carboxylic acids is 1. The first-order valence-electron chi connectivity index (χ1n) is 11.1. The van der Waals surface area contributed by atoms with Crippen LogP contribution < -0.4 is 16.0 Å². The van der Waals surface area contributed by atoms with Crippen molar-refractivity contribution in [3.05, 3.63) is 114 Å². The van der Waals surface area contributed by atoms with Gasteiger partial charge in [0.05, 0.1) is 5.52 Å². The van der Waals surface area contributed by atoms with E-state index in [2.05, 4.69) is 25.9 Å². The second-order valence-electron chi connectivity index (χ2n) is 8.07. The summed E-state index contributed by atoms with van der Waals surface area (Å²) in [5.74, 6) is -0.571. The minimum Gasteiger partial charge on any atom is -0.355 e. The number of halogens is 1. The third kappa shape index (κ3) is 5.09. The predicted octanol–water partition coefficient (Wildman–Crippen LogP) is 6.82. The van der Waals surface area contributed by atoms with Gasteiger partial charge in [-0.2, -0.15) is 0 Å². The minimum atomic E-state index is -0.334. The number of hydrogen-bond donors (Lipinski definition) is 3. The molecule has 172 valence electrons. The van der Waals surface area contributed by atoms with Gasteiger partial charge in [0.15, 0.2) is 0 Å². The van der Waals surface area contributed by atoms with Crippen LogP contribution in [0.5, 0.6) is 0 Å². The number of benzene rings is 3. The maximum Gasteiger partial charge on any atom is 0.255 e. The Morgan fingerprint density at radius 1 is 0.771 bits per heavy atom. The second kappa shape index (κ2) is 9.61. The minimum absolute atomic E-state index is 0.236. The smallest absolute Gasteiger partial charge is 0.255 e. The molecule has 0 atom stereocenters. The number of nitrogens with zero attached hydrogens (tertiary/aromatic N) is 2. The van der Waals surface area contributed by atoms with Crippen LogP contribution in [0, 0.1) is 12.7 Å². The number of aryl methyl sites for hydroxylation is 1. The maximum atomic E-state index is 13.8. The topological polar surface area (TPSA) is 78.9 Å². The summed E-state index contributed by atoms with van der Waals surface area (Å²) in [6.45, 7) is 1.95. The van der Waals surface area contributed by atoms with Crippen LogP contribution in [0.3, 0.4) is 0 Å². The predicted molar refractivity (Wildman–Crippen MR) is 138 cm³/mol. The Morgan fingerprint density at radius 2 is 1.60 bits per heavy atom. The number of nitrogens with one attached hydrogen (secondary N) is 3. The van der Waals surface area contributed by atoms with E-state index in [4.69, 9.17) is 0 Å². The summed E-state index contributed by atoms with van der Waals surface area (Å²) < 4.78 is 13.8. The molecule has 6 nitrogen and oxygen atoms in total. The van der Waals surface area contributed by atoms with Crippen LogP contribution in [-0.4, -0.2) is 15.9 Å². The summed E-state index contributed by atoms with van der Waals surface area (Å²) in [4.78, 5) is 21.3. The van der Waals surface area contributed by atoms with Crippen LogP contribution in [0.15, 0.2) is 97.5 Å². The van der Waals surface area contributed by atoms with Crippen molar-refractivity contribution in [1.29, 1.82) is 0 Å². The summed E-state index contributed by atoms with van der Waals surface area (Å²) in [6, 6.07) is 22.9. The summed E-state index contributed by atoms with van der Waals surface area (Å²) in [6.07, 6.45) is 5.09. The number of rotatable bonds is 6. The summed E-state index contributed by atoms with van der Waals surface area (Å²) in [5, 5.41) is 10.2. The van der Waals surface area contributed by atoms with E-state index in [0.717, 1.165) is 22.6 Å². The Balaban J connectivity index is 1.36. The van der Waals surface area contributed by atoms with Gasteiger partial charge in [-0.15, -0.1) is 0 Å². The number of anilines is 5. The molecule has 0 fully saturated rings. The maximum absolute atomic E-state index is 13.8. The van der Waals surface area contributed by atoms with Gasteiger partial charge >= 0.3 is 0 Å². The van der Waals surface area contributed by atoms with Crippen molar-refractivity contribution < 1.29 is 9.18 Å². The van der Waals surface area contributed by atoms with Crippen molar-refractivity contribution in [3.8, 4) is 0 Å². The molecule has 3 N–H and O–H groups in total. The first-order chi connectivity index (χ1) is 17.0. The van der Waals surface area contributed by atoms with Gasteiger partial charge in [0.2, 0.25) is 0 Å². The zero-order valence-electron chi connectivity index (χ0n) is 18.9. The number of pyridine rings is 2. The fraction of sp³-hybridized carbons (Fsp3) is 0.0357. The molecule has 0 spiro atoms. The molecule has 35 heavy (non-hydrogen) atoms. The summed E-state index contributed by atoms with van der Waals surface area (Å²) in [7, 11) is 0. The van der Waals surface area contributed by atoms with Crippen LogP contribution >= 0.6 is 0 Å². The number of amides is 1. The SMILES string of the molecule is Cc1ccc(C(=O)Nc2cccc(Nc3ccncc3)c2)cc1Nc1ccnc2ccc(F)cc12. The van der Waals surface area contributed by atoms with Crippen molar-refractivity contribution in [2.45, 2.75) is 6.92 Å². The Kier molecular flexibility index (Phi) is 6.05. The quantitative estimate of drug-likeness (QED) is 0.258. The van der Waals surface area contributed by atoms with Gasteiger partial charge < -0.3 is 16.0 Å². The number of hydrogen-bond acceptors (Lipinski definition) is 5. The second-order valence-corrected chi connectivity index (χ2v) is 8.07. The van der Waals surface area contributed by atoms with Crippen LogP contribution in [-0.2, 0) is 0 Å². The molecule has 0 saturated carbocycles. The summed E-state index contributed by atoms with van der Waals surface area (Å²) >= 11 is 0. The first kappa shape index (κ1) is 22.0. The van der Waals surface area contributed by atoms with Crippen LogP contribution in [0.2, 0.25) is 0 Å². The fourth-order valence-electron chi connectivity index (χ4n) is 3.75. The lowest BCUT2D eigenvalue weighted by Crippen LogP contribution is -2.12. The van der Waals surface area contributed by atoms with Crippen LogP contribution in [0.1, 0.15) is 15.9 Å². The Morgan fingerprint density at radius 3 is 2.46 bits per heavy atom. The van der Waals surface area contributed by atoms with E-state index in [-0.39, 0.29) is 11.7 Å². The standard InChI is InChI=1S/C28H22FN5O/c1-18-5-6-19(15-27(18)34-26-11-14-31-25-8-7-20(29)16-24(25)26)28(35)33-23-4-2-3-22(17-23)32-21-9-12-30-13-10-21/h2-17H,1H3,(H,30,32)(H,31,34)(H,33,35). The van der Waals surface area contributed by atoms with Crippen molar-refractivity contribution >= 4 is 45.2 Å². The van der Waals surface area contributed by atoms with Gasteiger partial charge in [-0.1, -0.05) is 12.1 Å². The Labute approximate surface area is 201 Å². The van der Waals surface area contributed by atoms with Gasteiger partial charge in [-0.3, -0.25) is 14.8 Å². The molecule has 5 aromatic rings. The van der Waals surface area contributed by atoms with Gasteiger partial charge in [0, 0.05) is 58.0 Å². The lowest BCUT2D eigenvalue weighted by molar-refractivity contribution is 0.102. The molecule has 0 aliphatic carbocycles. The average Bonchev–Trinajstić information content (AvgIpc) is 2.86. The largest absolute Gasteiger partial charge is 0.355 e. The highest BCUT2D eigenvalue weighted by Crippen LogP contribution is 2.28. The first-order valence-corrected chi connectivity index (χ1v) is 11.1. The highest BCUT2D eigenvalue weighted by molar-refractivity contribution is 6.05. The lowest BCUT2D eigenvalue weighted by atomic mass is 10.1. The van der Waals surface area contributed by atoms with E-state index in [1.807, 2.05) is 49.4 Å². The van der Waals surface area contributed by atoms with E-state index >= 15 is 0 Å². The number of fused-ring (bicyclic) bond motifs is 1. The molecule has 7 heteroatoms. The summed E-state index contributed by atoms with van der Waals surface area (Å²) in [5.41, 5.74) is 6.01. The molecule has 3 aromatic carbocycles. The van der Waals surface area contributed by atoms with Crippen LogP contribution in [0.4, 0.5) is 32.8 Å². The highest BCUT2D eigenvalue weighted by atomic mass is 19.1. The zero-order valence-corrected chi connectivity index (χ0v) is 18.9. The molecule has 1 amide bonds. The molecule has 0 bridgehead atoms. The zero-order chi connectivity index (χ0) is 24.2. The third-order valence-electron chi connectivity index (χ3n) is 5.56. The lowest BCUT2D eigenvalue weighted by Gasteiger charge is -2.14. The number of carbonyl (C=O) groups is 1. The third-order valence-corrected chi connectivity index (χ3v) is 5.56. The highest BCUT2D eigenvalue weighted by Gasteiger charge is 2.11. The van der Waals surface area contributed by atoms with Crippen molar-refractivity contribution in [2.75, 3.05) is 16.0 Å². The van der Waals surface area contributed by atoms with Crippen molar-refractivity contribution in [3.63, 3.8) is 0 Å². The Bertz CT molecular complexity index is 1520. The van der Waals surface area contributed by atoms with Crippen molar-refractivity contribution in [1.82, 2.24) is 9.97 Å². The Hall–Kier alpha value is -4.78.